The number of aromatic nitrogens is 4. The standard InChI is InChI=1S/C25H27N5O3.C2HF3O2/c1-15(2)30-14-19-12-17(5-7-22(19)27-30)25-26-24(28-33-25)21-6-4-18-13-29(11-9-23(31)32)10-8-20(18)16(21)3;3-2(4,5)1(6)7/h4-7,12,14-15H,8-11,13H2,1-3H3,(H,31,32);(H,6,7). The molecule has 212 valence electrons. The van der Waals surface area contributed by atoms with Gasteiger partial charge in [0.25, 0.3) is 5.89 Å². The molecule has 0 saturated carbocycles. The van der Waals surface area contributed by atoms with Crippen LogP contribution >= 0.6 is 0 Å². The van der Waals surface area contributed by atoms with E-state index in [-0.39, 0.29) is 6.42 Å². The summed E-state index contributed by atoms with van der Waals surface area (Å²) in [7, 11) is 0. The van der Waals surface area contributed by atoms with E-state index in [2.05, 4.69) is 42.0 Å². The van der Waals surface area contributed by atoms with E-state index in [4.69, 9.17) is 24.5 Å². The lowest BCUT2D eigenvalue weighted by Crippen LogP contribution is -2.32. The Morgan fingerprint density at radius 2 is 1.88 bits per heavy atom. The molecule has 0 fully saturated rings. The average molecular weight is 560 g/mol. The van der Waals surface area contributed by atoms with Crippen molar-refractivity contribution in [2.75, 3.05) is 13.1 Å². The second-order valence-electron chi connectivity index (χ2n) is 9.75. The largest absolute Gasteiger partial charge is 0.490 e. The molecule has 2 N–H and O–H groups in total. The van der Waals surface area contributed by atoms with Gasteiger partial charge in [0.1, 0.15) is 0 Å². The van der Waals surface area contributed by atoms with Crippen molar-refractivity contribution in [2.45, 2.75) is 52.4 Å². The molecule has 13 heteroatoms. The van der Waals surface area contributed by atoms with Gasteiger partial charge in [-0.1, -0.05) is 17.3 Å². The first-order valence-electron chi connectivity index (χ1n) is 12.5. The smallest absolute Gasteiger partial charge is 0.481 e. The summed E-state index contributed by atoms with van der Waals surface area (Å²) in [6.45, 7) is 8.50. The lowest BCUT2D eigenvalue weighted by molar-refractivity contribution is -0.192. The summed E-state index contributed by atoms with van der Waals surface area (Å²) in [5, 5.41) is 26.0. The molecule has 5 rings (SSSR count). The molecule has 0 aliphatic carbocycles. The van der Waals surface area contributed by atoms with Crippen molar-refractivity contribution < 1.29 is 37.5 Å². The molecule has 0 radical (unpaired) electrons. The van der Waals surface area contributed by atoms with Crippen LogP contribution in [0.3, 0.4) is 0 Å². The fourth-order valence-corrected chi connectivity index (χ4v) is 4.48. The van der Waals surface area contributed by atoms with Crippen LogP contribution < -0.4 is 0 Å². The second kappa shape index (κ2) is 11.5. The van der Waals surface area contributed by atoms with Crippen molar-refractivity contribution in [3.8, 4) is 22.8 Å². The molecule has 40 heavy (non-hydrogen) atoms. The maximum atomic E-state index is 10.9. The summed E-state index contributed by atoms with van der Waals surface area (Å²) in [5.74, 6) is -2.45. The van der Waals surface area contributed by atoms with Crippen molar-refractivity contribution in [1.82, 2.24) is 24.8 Å². The highest BCUT2D eigenvalue weighted by molar-refractivity contribution is 5.83. The first-order chi connectivity index (χ1) is 18.8. The summed E-state index contributed by atoms with van der Waals surface area (Å²) in [6, 6.07) is 10.4. The van der Waals surface area contributed by atoms with E-state index >= 15 is 0 Å². The number of hydrogen-bond acceptors (Lipinski definition) is 7. The molecule has 10 nitrogen and oxygen atoms in total. The first kappa shape index (κ1) is 28.7. The molecule has 3 heterocycles. The van der Waals surface area contributed by atoms with E-state index in [0.29, 0.717) is 24.3 Å². The molecular formula is C27H28F3N5O5. The Bertz CT molecular complexity index is 1540. The fraction of sp³-hybridized carbons (Fsp3) is 0.370. The van der Waals surface area contributed by atoms with Gasteiger partial charge in [-0.3, -0.25) is 14.4 Å². The average Bonchev–Trinajstić information content (AvgIpc) is 3.55. The number of benzene rings is 2. The SMILES string of the molecule is Cc1c(-c2noc(-c3ccc4nn(C(C)C)cc4c3)n2)ccc2c1CCN(CCC(=O)O)C2.O=C(O)C(F)(F)F. The van der Waals surface area contributed by atoms with Crippen LogP contribution in [0.5, 0.6) is 0 Å². The summed E-state index contributed by atoms with van der Waals surface area (Å²) in [5.41, 5.74) is 6.48. The van der Waals surface area contributed by atoms with Crippen molar-refractivity contribution in [1.29, 1.82) is 0 Å². The van der Waals surface area contributed by atoms with Crippen molar-refractivity contribution >= 4 is 22.8 Å². The molecule has 0 atom stereocenters. The molecular weight excluding hydrogens is 531 g/mol. The third kappa shape index (κ3) is 6.47. The zero-order chi connectivity index (χ0) is 29.2. The summed E-state index contributed by atoms with van der Waals surface area (Å²) < 4.78 is 39.3. The molecule has 4 aromatic rings. The van der Waals surface area contributed by atoms with E-state index in [1.165, 1.54) is 11.1 Å². The molecule has 0 spiro atoms. The Morgan fingerprint density at radius 1 is 1.15 bits per heavy atom. The van der Waals surface area contributed by atoms with E-state index in [0.717, 1.165) is 47.1 Å². The van der Waals surface area contributed by atoms with Gasteiger partial charge in [0.05, 0.1) is 11.9 Å². The van der Waals surface area contributed by atoms with Gasteiger partial charge in [-0.2, -0.15) is 23.3 Å². The van der Waals surface area contributed by atoms with Gasteiger partial charge in [-0.05, 0) is 62.1 Å². The summed E-state index contributed by atoms with van der Waals surface area (Å²) in [6.07, 6.45) is -1.99. The van der Waals surface area contributed by atoms with E-state index in [1.807, 2.05) is 35.1 Å². The third-order valence-electron chi connectivity index (χ3n) is 6.62. The van der Waals surface area contributed by atoms with Gasteiger partial charge in [-0.15, -0.1) is 0 Å². The van der Waals surface area contributed by atoms with Gasteiger partial charge in [0.15, 0.2) is 0 Å². The number of carboxylic acid groups (broad SMARTS) is 2. The molecule has 0 saturated heterocycles. The third-order valence-corrected chi connectivity index (χ3v) is 6.62. The number of nitrogens with zero attached hydrogens (tertiary/aromatic N) is 5. The number of carbonyl (C=O) groups is 2. The zero-order valence-corrected chi connectivity index (χ0v) is 22.1. The second-order valence-corrected chi connectivity index (χ2v) is 9.75. The molecule has 1 aliphatic rings. The van der Waals surface area contributed by atoms with Crippen LogP contribution in [0.1, 0.15) is 43.0 Å². The van der Waals surface area contributed by atoms with Gasteiger partial charge in [0.2, 0.25) is 5.82 Å². The predicted molar refractivity (Wildman–Crippen MR) is 139 cm³/mol. The van der Waals surface area contributed by atoms with Gasteiger partial charge < -0.3 is 14.7 Å². The molecule has 2 aromatic carbocycles. The minimum Gasteiger partial charge on any atom is -0.481 e. The number of rotatable bonds is 6. The Kier molecular flexibility index (Phi) is 8.24. The van der Waals surface area contributed by atoms with Crippen LogP contribution in [0.4, 0.5) is 13.2 Å². The van der Waals surface area contributed by atoms with Crippen LogP contribution in [0.25, 0.3) is 33.7 Å². The number of halogens is 3. The first-order valence-corrected chi connectivity index (χ1v) is 12.5. The van der Waals surface area contributed by atoms with Crippen LogP contribution in [0.2, 0.25) is 0 Å². The van der Waals surface area contributed by atoms with Crippen LogP contribution in [-0.4, -0.2) is 66.2 Å². The Morgan fingerprint density at radius 3 is 2.52 bits per heavy atom. The lowest BCUT2D eigenvalue weighted by atomic mass is 9.91. The van der Waals surface area contributed by atoms with E-state index in [9.17, 15) is 18.0 Å². The Balaban J connectivity index is 0.000000470. The van der Waals surface area contributed by atoms with Crippen molar-refractivity contribution in [2.24, 2.45) is 0 Å². The normalized spacial score (nSPS) is 13.7. The zero-order valence-electron chi connectivity index (χ0n) is 22.1. The van der Waals surface area contributed by atoms with Crippen molar-refractivity contribution in [3.63, 3.8) is 0 Å². The molecule has 0 unspecified atom stereocenters. The number of carboxylic acids is 2. The van der Waals surface area contributed by atoms with E-state index < -0.39 is 18.1 Å². The quantitative estimate of drug-likeness (QED) is 0.330. The highest BCUT2D eigenvalue weighted by Crippen LogP contribution is 2.32. The van der Waals surface area contributed by atoms with Crippen LogP contribution in [0, 0.1) is 6.92 Å². The van der Waals surface area contributed by atoms with Gasteiger partial charge in [-0.25, -0.2) is 4.79 Å². The highest BCUT2D eigenvalue weighted by Gasteiger charge is 2.38. The maximum Gasteiger partial charge on any atom is 0.490 e. The minimum absolute atomic E-state index is 0.169. The molecule has 0 bridgehead atoms. The predicted octanol–water partition coefficient (Wildman–Crippen LogP) is 5.11. The highest BCUT2D eigenvalue weighted by atomic mass is 19.4. The Labute approximate surface area is 227 Å². The maximum absolute atomic E-state index is 10.9. The molecule has 0 amide bonds. The topological polar surface area (TPSA) is 135 Å². The minimum atomic E-state index is -5.08. The van der Waals surface area contributed by atoms with E-state index in [1.54, 1.807) is 0 Å². The molecule has 1 aliphatic heterocycles. The van der Waals surface area contributed by atoms with Crippen LogP contribution in [-0.2, 0) is 22.6 Å². The van der Waals surface area contributed by atoms with Crippen LogP contribution in [0.15, 0.2) is 41.1 Å². The number of fused-ring (bicyclic) bond motifs is 2. The van der Waals surface area contributed by atoms with Gasteiger partial charge in [0, 0.05) is 48.4 Å². The summed E-state index contributed by atoms with van der Waals surface area (Å²) in [4.78, 5) is 26.7. The number of hydrogen-bond donors (Lipinski definition) is 2. The number of aliphatic carboxylic acids is 2. The number of alkyl halides is 3. The monoisotopic (exact) mass is 559 g/mol. The fourth-order valence-electron chi connectivity index (χ4n) is 4.48. The lowest BCUT2D eigenvalue weighted by Gasteiger charge is -2.29. The van der Waals surface area contributed by atoms with Crippen molar-refractivity contribution in [3.05, 3.63) is 53.2 Å². The summed E-state index contributed by atoms with van der Waals surface area (Å²) >= 11 is 0. The van der Waals surface area contributed by atoms with Gasteiger partial charge >= 0.3 is 18.1 Å². The Hall–Kier alpha value is -4.26. The molecule has 2 aromatic heterocycles.